The van der Waals surface area contributed by atoms with Crippen molar-refractivity contribution >= 4 is 21.6 Å². The molecule has 1 aliphatic heterocycles. The van der Waals surface area contributed by atoms with Crippen LogP contribution >= 0.6 is 0 Å². The lowest BCUT2D eigenvalue weighted by molar-refractivity contribution is 0.0920. The zero-order valence-corrected chi connectivity index (χ0v) is 19.5. The first-order valence-corrected chi connectivity index (χ1v) is 12.2. The normalized spacial score (nSPS) is 17.6. The van der Waals surface area contributed by atoms with E-state index in [0.717, 1.165) is 35.1 Å². The third-order valence-electron chi connectivity index (χ3n) is 5.84. The lowest BCUT2D eigenvalue weighted by Crippen LogP contribution is -2.22. The van der Waals surface area contributed by atoms with Crippen LogP contribution in [0.15, 0.2) is 45.9 Å². The van der Waals surface area contributed by atoms with Crippen LogP contribution in [0.4, 0.5) is 10.5 Å². The molecule has 2 aliphatic rings. The highest BCUT2D eigenvalue weighted by atomic mass is 32.2. The van der Waals surface area contributed by atoms with Crippen LogP contribution in [0.25, 0.3) is 11.1 Å². The van der Waals surface area contributed by atoms with Crippen molar-refractivity contribution in [3.63, 3.8) is 0 Å². The number of hydrogen-bond acceptors (Lipinski definition) is 7. The highest BCUT2D eigenvalue weighted by Gasteiger charge is 2.31. The molecule has 0 spiro atoms. The number of amides is 2. The summed E-state index contributed by atoms with van der Waals surface area (Å²) in [7, 11) is -0.509. The number of nitrogens with one attached hydrogen (secondary N) is 1. The molecule has 2 atom stereocenters. The van der Waals surface area contributed by atoms with Gasteiger partial charge in [0, 0.05) is 24.9 Å². The summed E-state index contributed by atoms with van der Waals surface area (Å²) >= 11 is 0. The van der Waals surface area contributed by atoms with Gasteiger partial charge < -0.3 is 19.5 Å². The molecule has 3 heterocycles. The average molecular weight is 485 g/mol. The van der Waals surface area contributed by atoms with Gasteiger partial charge in [-0.3, -0.25) is 0 Å². The topological polar surface area (TPSA) is 143 Å². The standard InChI is InChI=1S/C22H24N6O5S/c1-31-12-15-11-28-21(33-15)18(10-25-28)34(23,30)27-22(29)26-20-16-5-3-13(16)4-6-17(20)14-7-8-24-19(9-14)32-2/h4,6-10,15H,3,5,11-12H2,1-2H3,(H3,23,26,27,29,30)/t15-,34+/m1/s1. The van der Waals surface area contributed by atoms with E-state index in [2.05, 4.69) is 19.8 Å². The summed E-state index contributed by atoms with van der Waals surface area (Å²) in [5.41, 5.74) is 4.36. The number of fused-ring (bicyclic) bond motifs is 2. The average Bonchev–Trinajstić information content (AvgIpc) is 3.35. The zero-order chi connectivity index (χ0) is 23.9. The number of aryl methyl sites for hydroxylation is 1. The Bertz CT molecular complexity index is 1390. The second-order valence-electron chi connectivity index (χ2n) is 7.99. The van der Waals surface area contributed by atoms with Crippen LogP contribution in [0.3, 0.4) is 0 Å². The molecule has 0 unspecified atom stereocenters. The maximum absolute atomic E-state index is 13.2. The van der Waals surface area contributed by atoms with Gasteiger partial charge in [-0.15, -0.1) is 4.36 Å². The van der Waals surface area contributed by atoms with Crippen LogP contribution in [-0.4, -0.2) is 51.9 Å². The van der Waals surface area contributed by atoms with E-state index in [1.54, 1.807) is 19.4 Å². The highest BCUT2D eigenvalue weighted by Crippen LogP contribution is 2.39. The number of rotatable bonds is 6. The predicted molar refractivity (Wildman–Crippen MR) is 124 cm³/mol. The van der Waals surface area contributed by atoms with Crippen molar-refractivity contribution in [3.05, 3.63) is 47.8 Å². The Morgan fingerprint density at radius 3 is 2.94 bits per heavy atom. The van der Waals surface area contributed by atoms with Gasteiger partial charge in [-0.2, -0.15) is 5.10 Å². The second kappa shape index (κ2) is 8.70. The molecule has 34 heavy (non-hydrogen) atoms. The fraction of sp³-hybridized carbons (Fsp3) is 0.318. The minimum Gasteiger partial charge on any atom is -0.481 e. The van der Waals surface area contributed by atoms with Crippen molar-refractivity contribution in [2.45, 2.75) is 30.4 Å². The van der Waals surface area contributed by atoms with Gasteiger partial charge in [0.05, 0.1) is 32.1 Å². The number of methoxy groups -OCH3 is 2. The molecular weight excluding hydrogens is 460 g/mol. The number of ether oxygens (including phenoxy) is 3. The monoisotopic (exact) mass is 484 g/mol. The summed E-state index contributed by atoms with van der Waals surface area (Å²) in [6.07, 6.45) is 4.41. The molecule has 2 amide bonds. The molecule has 3 aromatic rings. The molecule has 12 heteroatoms. The largest absolute Gasteiger partial charge is 0.481 e. The number of carbonyl (C=O) groups excluding carboxylic acids is 1. The third-order valence-corrected chi connectivity index (χ3v) is 7.19. The van der Waals surface area contributed by atoms with Gasteiger partial charge in [0.2, 0.25) is 11.8 Å². The van der Waals surface area contributed by atoms with Crippen LogP contribution < -0.4 is 19.9 Å². The van der Waals surface area contributed by atoms with E-state index in [0.29, 0.717) is 24.7 Å². The Labute approximate surface area is 196 Å². The molecule has 0 saturated heterocycles. The highest BCUT2D eigenvalue weighted by molar-refractivity contribution is 7.91. The molecule has 178 valence electrons. The fourth-order valence-electron chi connectivity index (χ4n) is 4.13. The number of nitrogens with two attached hydrogens (primary N) is 1. The summed E-state index contributed by atoms with van der Waals surface area (Å²) in [4.78, 5) is 17.1. The minimum atomic E-state index is -3.61. The van der Waals surface area contributed by atoms with E-state index in [4.69, 9.17) is 19.3 Å². The van der Waals surface area contributed by atoms with Crippen LogP contribution in [0, 0.1) is 0 Å². The number of hydrogen-bond donors (Lipinski definition) is 2. The van der Waals surface area contributed by atoms with Gasteiger partial charge in [0.15, 0.2) is 9.92 Å². The number of anilines is 1. The molecule has 0 radical (unpaired) electrons. The quantitative estimate of drug-likeness (QED) is 0.547. The van der Waals surface area contributed by atoms with Gasteiger partial charge in [-0.1, -0.05) is 12.1 Å². The molecule has 11 nitrogen and oxygen atoms in total. The van der Waals surface area contributed by atoms with Crippen molar-refractivity contribution in [2.24, 2.45) is 9.50 Å². The van der Waals surface area contributed by atoms with Crippen molar-refractivity contribution in [2.75, 3.05) is 26.1 Å². The van der Waals surface area contributed by atoms with Crippen LogP contribution in [0.1, 0.15) is 11.1 Å². The summed E-state index contributed by atoms with van der Waals surface area (Å²) in [6, 6.07) is 6.75. The van der Waals surface area contributed by atoms with E-state index in [1.165, 1.54) is 18.0 Å². The molecule has 5 rings (SSSR count). The Morgan fingerprint density at radius 1 is 1.35 bits per heavy atom. The Morgan fingerprint density at radius 2 is 2.21 bits per heavy atom. The molecule has 0 bridgehead atoms. The third kappa shape index (κ3) is 4.00. The van der Waals surface area contributed by atoms with E-state index < -0.39 is 15.9 Å². The van der Waals surface area contributed by atoms with E-state index in [1.807, 2.05) is 18.2 Å². The van der Waals surface area contributed by atoms with Crippen molar-refractivity contribution in [1.82, 2.24) is 14.8 Å². The summed E-state index contributed by atoms with van der Waals surface area (Å²) in [5, 5.41) is 13.0. The number of nitrogens with zero attached hydrogens (tertiary/aromatic N) is 4. The molecule has 0 saturated carbocycles. The molecule has 1 aromatic carbocycles. The smallest absolute Gasteiger partial charge is 0.354 e. The number of urea groups is 1. The number of aromatic nitrogens is 3. The lowest BCUT2D eigenvalue weighted by Gasteiger charge is -2.25. The van der Waals surface area contributed by atoms with Crippen LogP contribution in [0.5, 0.6) is 11.8 Å². The fourth-order valence-corrected chi connectivity index (χ4v) is 5.13. The predicted octanol–water partition coefficient (Wildman–Crippen LogP) is 2.39. The molecule has 3 N–H and O–H groups in total. The van der Waals surface area contributed by atoms with E-state index in [-0.39, 0.29) is 16.9 Å². The number of pyridine rings is 1. The van der Waals surface area contributed by atoms with Gasteiger partial charge >= 0.3 is 6.03 Å². The number of benzene rings is 1. The summed E-state index contributed by atoms with van der Waals surface area (Å²) in [6.45, 7) is 0.772. The van der Waals surface area contributed by atoms with Crippen molar-refractivity contribution < 1.29 is 23.2 Å². The number of carbonyl (C=O) groups is 1. The van der Waals surface area contributed by atoms with Crippen LogP contribution in [-0.2, 0) is 34.0 Å². The van der Waals surface area contributed by atoms with Crippen molar-refractivity contribution in [3.8, 4) is 22.9 Å². The molecule has 2 aromatic heterocycles. The zero-order valence-electron chi connectivity index (χ0n) is 18.7. The molecule has 0 fully saturated rings. The minimum absolute atomic E-state index is 0.0708. The van der Waals surface area contributed by atoms with E-state index >= 15 is 0 Å². The summed E-state index contributed by atoms with van der Waals surface area (Å²) in [5.74, 6) is 0.688. The SMILES string of the molecule is COC[C@H]1Cn2ncc([S@@](N)(=O)=NC(=O)Nc3c(-c4ccnc(OC)c4)ccc4c3CC4)c2O1. The van der Waals surface area contributed by atoms with E-state index in [9.17, 15) is 9.00 Å². The maximum Gasteiger partial charge on any atom is 0.354 e. The Hall–Kier alpha value is -3.48. The Kier molecular flexibility index (Phi) is 5.71. The molecule has 1 aliphatic carbocycles. The van der Waals surface area contributed by atoms with Gasteiger partial charge in [-0.05, 0) is 35.6 Å². The second-order valence-corrected chi connectivity index (χ2v) is 9.75. The van der Waals surface area contributed by atoms with Gasteiger partial charge in [0.1, 0.15) is 11.0 Å². The first-order chi connectivity index (χ1) is 16.4. The van der Waals surface area contributed by atoms with Gasteiger partial charge in [0.25, 0.3) is 0 Å². The first kappa shape index (κ1) is 22.3. The first-order valence-electron chi connectivity index (χ1n) is 10.6. The maximum atomic E-state index is 13.2. The lowest BCUT2D eigenvalue weighted by atomic mass is 9.84. The molecular formula is C22H24N6O5S. The van der Waals surface area contributed by atoms with Gasteiger partial charge in [-0.25, -0.2) is 23.8 Å². The van der Waals surface area contributed by atoms with Crippen LogP contribution in [0.2, 0.25) is 0 Å². The summed E-state index contributed by atoms with van der Waals surface area (Å²) < 4.78 is 34.7. The van der Waals surface area contributed by atoms with Crippen molar-refractivity contribution in [1.29, 1.82) is 0 Å². The Balaban J connectivity index is 1.46.